The van der Waals surface area contributed by atoms with Crippen molar-refractivity contribution < 1.29 is 33.4 Å². The number of alkyl carbamates (subject to hydrolysis) is 2. The van der Waals surface area contributed by atoms with E-state index < -0.39 is 24.3 Å². The third kappa shape index (κ3) is 8.50. The third-order valence-corrected chi connectivity index (χ3v) is 14.2. The van der Waals surface area contributed by atoms with Crippen LogP contribution in [0.15, 0.2) is 53.8 Å². The number of imidazole rings is 1. The number of hydrogen-bond donors (Lipinski definition) is 3. The van der Waals surface area contributed by atoms with Gasteiger partial charge in [-0.05, 0) is 103 Å². The summed E-state index contributed by atoms with van der Waals surface area (Å²) in [4.78, 5) is 69.6. The Labute approximate surface area is 370 Å². The molecule has 336 valence electrons. The fourth-order valence-corrected chi connectivity index (χ4v) is 11.0. The zero-order valence-corrected chi connectivity index (χ0v) is 37.9. The minimum atomic E-state index is -0.711. The second kappa shape index (κ2) is 18.3. The van der Waals surface area contributed by atoms with E-state index in [9.17, 15) is 19.2 Å². The number of hydrogen-bond acceptors (Lipinski definition) is 9. The highest BCUT2D eigenvalue weighted by atomic mass is 16.5. The first-order valence-electron chi connectivity index (χ1n) is 22.7. The number of methoxy groups -OCH3 is 3. The van der Waals surface area contributed by atoms with Gasteiger partial charge in [-0.25, -0.2) is 14.6 Å². The second-order valence-corrected chi connectivity index (χ2v) is 18.9. The molecule has 5 aliphatic rings. The average Bonchev–Trinajstić information content (AvgIpc) is 4.15. The lowest BCUT2D eigenvalue weighted by molar-refractivity contribution is -0.137. The molecule has 0 spiro atoms. The van der Waals surface area contributed by atoms with Crippen molar-refractivity contribution in [1.82, 2.24) is 30.4 Å². The smallest absolute Gasteiger partial charge is 0.407 e. The number of H-pyrrole nitrogens is 1. The number of fused-ring (bicyclic) bond motifs is 5. The third-order valence-electron chi connectivity index (χ3n) is 14.2. The number of rotatable bonds is 13. The summed E-state index contributed by atoms with van der Waals surface area (Å²) >= 11 is 0. The molecule has 2 aliphatic carbocycles. The molecule has 2 bridgehead atoms. The molecule has 3 N–H and O–H groups in total. The summed E-state index contributed by atoms with van der Waals surface area (Å²) in [5.41, 5.74) is 10.6. The lowest BCUT2D eigenvalue weighted by Gasteiger charge is -2.33. The van der Waals surface area contributed by atoms with Crippen LogP contribution in [-0.4, -0.2) is 108 Å². The number of ether oxygens (including phenoxy) is 3. The molecule has 2 saturated heterocycles. The molecule has 14 nitrogen and oxygen atoms in total. The Balaban J connectivity index is 0.999. The van der Waals surface area contributed by atoms with Crippen LogP contribution in [0.5, 0.6) is 0 Å². The van der Waals surface area contributed by atoms with Gasteiger partial charge in [0.1, 0.15) is 17.9 Å². The van der Waals surface area contributed by atoms with Gasteiger partial charge in [0, 0.05) is 49.5 Å². The number of nitrogens with zero attached hydrogens (tertiary/aromatic N) is 4. The first kappa shape index (κ1) is 44.1. The van der Waals surface area contributed by atoms with Crippen molar-refractivity contribution in [2.75, 3.05) is 34.5 Å². The van der Waals surface area contributed by atoms with E-state index in [2.05, 4.69) is 58.9 Å². The number of allylic oxidation sites excluding steroid dienone is 1. The second-order valence-electron chi connectivity index (χ2n) is 18.9. The maximum atomic E-state index is 14.0. The highest BCUT2D eigenvalue weighted by molar-refractivity contribution is 6.04. The predicted molar refractivity (Wildman–Crippen MR) is 241 cm³/mol. The Morgan fingerprint density at radius 3 is 2.03 bits per heavy atom. The van der Waals surface area contributed by atoms with Crippen LogP contribution in [0.2, 0.25) is 0 Å². The van der Waals surface area contributed by atoms with E-state index in [4.69, 9.17) is 24.2 Å². The molecule has 4 amide bonds. The van der Waals surface area contributed by atoms with Gasteiger partial charge in [0.2, 0.25) is 11.8 Å². The molecule has 8 rings (SSSR count). The Morgan fingerprint density at radius 1 is 0.778 bits per heavy atom. The van der Waals surface area contributed by atoms with Crippen molar-refractivity contribution in [3.8, 4) is 22.4 Å². The molecule has 1 saturated carbocycles. The van der Waals surface area contributed by atoms with Gasteiger partial charge in [-0.1, -0.05) is 64.1 Å². The molecule has 2 aromatic carbocycles. The van der Waals surface area contributed by atoms with Gasteiger partial charge in [-0.2, -0.15) is 0 Å². The Bertz CT molecular complexity index is 2280. The first-order valence-corrected chi connectivity index (χ1v) is 22.7. The summed E-state index contributed by atoms with van der Waals surface area (Å²) < 4.78 is 15.2. The SMILES string of the molecule is COC[C@H]1C[C@@H](C2=NC=C(c3ccc(-c4ccc(-c5cnc([C@@H]6CC[C@H](C)N6C(=O)[C@@H](NC(=O)OC)C(C)C)[nH]5)c5c4C4CCC5C4)cc3)C2)N(C(=O)[C@@H](NC(=O)OC)C(C)C)C1. The van der Waals surface area contributed by atoms with Gasteiger partial charge < -0.3 is 39.6 Å². The van der Waals surface area contributed by atoms with E-state index in [0.29, 0.717) is 31.4 Å². The summed E-state index contributed by atoms with van der Waals surface area (Å²) in [6.07, 6.45) is 9.16. The van der Waals surface area contributed by atoms with E-state index in [0.717, 1.165) is 54.0 Å². The fraction of sp³-hybridized carbons (Fsp3) is 0.551. The molecule has 0 radical (unpaired) electrons. The topological polar surface area (TPSA) is 168 Å². The van der Waals surface area contributed by atoms with Crippen LogP contribution in [0.3, 0.4) is 0 Å². The monoisotopic (exact) mass is 861 g/mol. The molecule has 3 aromatic rings. The molecule has 2 unspecified atom stereocenters. The van der Waals surface area contributed by atoms with Crippen molar-refractivity contribution in [3.63, 3.8) is 0 Å². The van der Waals surface area contributed by atoms with Gasteiger partial charge in [-0.3, -0.25) is 14.6 Å². The van der Waals surface area contributed by atoms with Crippen LogP contribution in [0.4, 0.5) is 9.59 Å². The summed E-state index contributed by atoms with van der Waals surface area (Å²) in [5.74, 6) is 1.44. The normalized spacial score (nSPS) is 24.7. The van der Waals surface area contributed by atoms with Gasteiger partial charge in [0.05, 0.1) is 44.8 Å². The summed E-state index contributed by atoms with van der Waals surface area (Å²) in [6, 6.07) is 11.5. The average molecular weight is 862 g/mol. The number of carbonyl (C=O) groups excluding carboxylic acids is 4. The summed E-state index contributed by atoms with van der Waals surface area (Å²) in [5, 5.41) is 5.51. The molecule has 63 heavy (non-hydrogen) atoms. The molecule has 14 heteroatoms. The van der Waals surface area contributed by atoms with Crippen molar-refractivity contribution in [1.29, 1.82) is 0 Å². The van der Waals surface area contributed by atoms with E-state index in [1.165, 1.54) is 54.9 Å². The number of amides is 4. The van der Waals surface area contributed by atoms with Crippen LogP contribution in [-0.2, 0) is 23.8 Å². The van der Waals surface area contributed by atoms with Gasteiger partial charge in [0.15, 0.2) is 0 Å². The van der Waals surface area contributed by atoms with Crippen molar-refractivity contribution in [2.45, 2.75) is 122 Å². The number of likely N-dealkylation sites (tertiary alicyclic amines) is 2. The van der Waals surface area contributed by atoms with Crippen LogP contribution in [0.1, 0.15) is 120 Å². The minimum Gasteiger partial charge on any atom is -0.453 e. The van der Waals surface area contributed by atoms with Gasteiger partial charge in [0.25, 0.3) is 0 Å². The van der Waals surface area contributed by atoms with Gasteiger partial charge >= 0.3 is 12.2 Å². The van der Waals surface area contributed by atoms with Crippen LogP contribution in [0, 0.1) is 17.8 Å². The molecular formula is C49H63N7O7. The minimum absolute atomic E-state index is 0.00459. The summed E-state index contributed by atoms with van der Waals surface area (Å²) in [6.45, 7) is 10.8. The fourth-order valence-electron chi connectivity index (χ4n) is 11.0. The Kier molecular flexibility index (Phi) is 12.8. The lowest BCUT2D eigenvalue weighted by Crippen LogP contribution is -2.53. The number of carbonyl (C=O) groups is 4. The highest BCUT2D eigenvalue weighted by Crippen LogP contribution is 2.58. The van der Waals surface area contributed by atoms with Gasteiger partial charge in [-0.15, -0.1) is 0 Å². The van der Waals surface area contributed by atoms with Crippen molar-refractivity contribution >= 4 is 35.3 Å². The largest absolute Gasteiger partial charge is 0.453 e. The lowest BCUT2D eigenvalue weighted by atomic mass is 9.82. The molecule has 1 aromatic heterocycles. The quantitative estimate of drug-likeness (QED) is 0.156. The maximum absolute atomic E-state index is 14.0. The number of aromatic nitrogens is 2. The zero-order valence-electron chi connectivity index (χ0n) is 37.9. The number of aliphatic imine (C=N–C) groups is 1. The number of benzene rings is 2. The number of aromatic amines is 1. The van der Waals surface area contributed by atoms with Crippen LogP contribution in [0.25, 0.3) is 28.0 Å². The van der Waals surface area contributed by atoms with E-state index in [1.54, 1.807) is 7.11 Å². The molecular weight excluding hydrogens is 799 g/mol. The highest BCUT2D eigenvalue weighted by Gasteiger charge is 2.44. The predicted octanol–water partition coefficient (Wildman–Crippen LogP) is 7.97. The summed E-state index contributed by atoms with van der Waals surface area (Å²) in [7, 11) is 4.29. The van der Waals surface area contributed by atoms with E-state index in [-0.39, 0.29) is 47.7 Å². The molecule has 3 aliphatic heterocycles. The van der Waals surface area contributed by atoms with E-state index in [1.807, 2.05) is 49.9 Å². The van der Waals surface area contributed by atoms with Crippen LogP contribution >= 0.6 is 0 Å². The zero-order chi connectivity index (χ0) is 44.7. The van der Waals surface area contributed by atoms with Crippen LogP contribution < -0.4 is 10.6 Å². The Hall–Kier alpha value is -5.50. The van der Waals surface area contributed by atoms with Crippen molar-refractivity contribution in [3.05, 3.63) is 71.3 Å². The Morgan fingerprint density at radius 2 is 1.40 bits per heavy atom. The van der Waals surface area contributed by atoms with E-state index >= 15 is 0 Å². The number of nitrogens with one attached hydrogen (secondary N) is 3. The van der Waals surface area contributed by atoms with Crippen molar-refractivity contribution in [2.24, 2.45) is 22.7 Å². The maximum Gasteiger partial charge on any atom is 0.407 e. The molecule has 4 heterocycles. The first-order chi connectivity index (χ1) is 30.3. The standard InChI is InChI=1S/C49H63N7O7/c1-26(2)43(53-48(59)62-7)46(57)55-24-29(25-61-6)19-40(55)37-21-34(22-50-37)30-10-12-31(13-11-30)35-16-17-36(42-33-15-14-32(20-33)41(35)42)38-23-51-45(52-38)39-18-9-28(5)56(39)47(58)44(27(3)4)54-49(60)63-8/h10-13,16-17,22-23,26-29,32-33,39-40,43-44H,9,14-15,18-21,24-25H2,1-8H3,(H,51,52)(H,53,59)(H,54,60)/t28-,29-,32?,33?,39-,40-,43-,44-/m0/s1. The molecule has 3 fully saturated rings. The molecule has 8 atom stereocenters.